The number of rotatable bonds is 5. The summed E-state index contributed by atoms with van der Waals surface area (Å²) in [7, 11) is 0. The Kier molecular flexibility index (Phi) is 5.22. The van der Waals surface area contributed by atoms with Crippen LogP contribution in [0.3, 0.4) is 0 Å². The van der Waals surface area contributed by atoms with Crippen LogP contribution >= 0.6 is 0 Å². The molecular weight excluding hydrogens is 324 g/mol. The Morgan fingerprint density at radius 2 is 2.20 bits per heavy atom. The molecule has 1 N–H and O–H groups in total. The Morgan fingerprint density at radius 1 is 1.40 bits per heavy atom. The van der Waals surface area contributed by atoms with E-state index in [2.05, 4.69) is 5.32 Å². The standard InChI is InChI=1S/C18H24N2O5/c1-11(2)8-13(19-17(22)12-5-7-24-9-12)18(23)20-6-3-4-15-16(20)14(21)10-25-15/h5,7,9,11,13,15-16H,3-4,6,8,10H2,1-2H3,(H,19,22). The topological polar surface area (TPSA) is 88.8 Å². The number of fused-ring (bicyclic) bond motifs is 1. The first-order chi connectivity index (χ1) is 12.0. The molecule has 136 valence electrons. The molecule has 3 atom stereocenters. The second-order valence-corrected chi connectivity index (χ2v) is 7.10. The maximum Gasteiger partial charge on any atom is 0.255 e. The first-order valence-electron chi connectivity index (χ1n) is 8.75. The molecule has 2 amide bonds. The molecule has 2 aliphatic rings. The molecule has 0 aliphatic carbocycles. The molecule has 3 unspecified atom stereocenters. The number of amides is 2. The van der Waals surface area contributed by atoms with Gasteiger partial charge in [0.15, 0.2) is 5.78 Å². The number of hydrogen-bond acceptors (Lipinski definition) is 5. The zero-order valence-electron chi connectivity index (χ0n) is 14.6. The number of ether oxygens (including phenoxy) is 1. The molecule has 1 aromatic heterocycles. The lowest BCUT2D eigenvalue weighted by molar-refractivity contribution is -0.142. The number of likely N-dealkylation sites (tertiary alicyclic amines) is 1. The maximum absolute atomic E-state index is 13.1. The van der Waals surface area contributed by atoms with Crippen LogP contribution in [-0.2, 0) is 14.3 Å². The summed E-state index contributed by atoms with van der Waals surface area (Å²) in [6.07, 6.45) is 4.64. The fraction of sp³-hybridized carbons (Fsp3) is 0.611. The number of ketones is 1. The van der Waals surface area contributed by atoms with Crippen molar-refractivity contribution in [2.45, 2.75) is 51.3 Å². The van der Waals surface area contributed by atoms with Crippen molar-refractivity contribution >= 4 is 17.6 Å². The normalized spacial score (nSPS) is 24.3. The van der Waals surface area contributed by atoms with Crippen LogP contribution in [0.4, 0.5) is 0 Å². The lowest BCUT2D eigenvalue weighted by atomic mass is 9.95. The van der Waals surface area contributed by atoms with Crippen molar-refractivity contribution in [3.63, 3.8) is 0 Å². The monoisotopic (exact) mass is 348 g/mol. The molecule has 2 fully saturated rings. The minimum absolute atomic E-state index is 0.0532. The van der Waals surface area contributed by atoms with Gasteiger partial charge in [-0.05, 0) is 31.2 Å². The van der Waals surface area contributed by atoms with Crippen molar-refractivity contribution in [1.29, 1.82) is 0 Å². The summed E-state index contributed by atoms with van der Waals surface area (Å²) in [4.78, 5) is 39.2. The first kappa shape index (κ1) is 17.7. The third-order valence-corrected chi connectivity index (χ3v) is 4.72. The summed E-state index contributed by atoms with van der Waals surface area (Å²) in [5.41, 5.74) is 0.373. The number of hydrogen-bond donors (Lipinski definition) is 1. The van der Waals surface area contributed by atoms with Gasteiger partial charge in [-0.1, -0.05) is 13.8 Å². The number of nitrogens with zero attached hydrogens (tertiary/aromatic N) is 1. The van der Waals surface area contributed by atoms with Crippen LogP contribution < -0.4 is 5.32 Å². The van der Waals surface area contributed by atoms with E-state index in [0.717, 1.165) is 12.8 Å². The highest BCUT2D eigenvalue weighted by atomic mass is 16.5. The molecule has 0 aromatic carbocycles. The number of furan rings is 1. The molecule has 3 rings (SSSR count). The van der Waals surface area contributed by atoms with Gasteiger partial charge >= 0.3 is 0 Å². The van der Waals surface area contributed by atoms with Gasteiger partial charge < -0.3 is 19.4 Å². The zero-order chi connectivity index (χ0) is 18.0. The minimum Gasteiger partial charge on any atom is -0.472 e. The molecule has 2 aliphatic heterocycles. The van der Waals surface area contributed by atoms with Crippen LogP contribution in [0.5, 0.6) is 0 Å². The first-order valence-corrected chi connectivity index (χ1v) is 8.75. The molecular formula is C18H24N2O5. The van der Waals surface area contributed by atoms with Crippen LogP contribution in [0.1, 0.15) is 43.5 Å². The quantitative estimate of drug-likeness (QED) is 0.868. The molecule has 7 nitrogen and oxygen atoms in total. The molecule has 2 saturated heterocycles. The molecule has 0 bridgehead atoms. The molecule has 7 heteroatoms. The molecule has 1 aromatic rings. The van der Waals surface area contributed by atoms with Crippen LogP contribution in [0.2, 0.25) is 0 Å². The Bertz CT molecular complexity index is 640. The summed E-state index contributed by atoms with van der Waals surface area (Å²) in [5.74, 6) is -0.397. The summed E-state index contributed by atoms with van der Waals surface area (Å²) < 4.78 is 10.4. The lowest BCUT2D eigenvalue weighted by Crippen LogP contribution is -2.58. The SMILES string of the molecule is CC(C)CC(NC(=O)c1ccoc1)C(=O)N1CCCC2OCC(=O)C21. The van der Waals surface area contributed by atoms with E-state index in [1.54, 1.807) is 11.0 Å². The van der Waals surface area contributed by atoms with E-state index in [9.17, 15) is 14.4 Å². The highest BCUT2D eigenvalue weighted by molar-refractivity contribution is 5.98. The molecule has 0 spiro atoms. The van der Waals surface area contributed by atoms with Crippen molar-refractivity contribution in [2.24, 2.45) is 5.92 Å². The van der Waals surface area contributed by atoms with Crippen molar-refractivity contribution in [3.05, 3.63) is 24.2 Å². The highest BCUT2D eigenvalue weighted by Crippen LogP contribution is 2.27. The number of nitrogens with one attached hydrogen (secondary N) is 1. The van der Waals surface area contributed by atoms with Gasteiger partial charge in [0.25, 0.3) is 5.91 Å². The molecule has 0 saturated carbocycles. The van der Waals surface area contributed by atoms with Crippen LogP contribution in [0.25, 0.3) is 0 Å². The molecule has 0 radical (unpaired) electrons. The zero-order valence-corrected chi connectivity index (χ0v) is 14.6. The largest absolute Gasteiger partial charge is 0.472 e. The average molecular weight is 348 g/mol. The van der Waals surface area contributed by atoms with Crippen LogP contribution in [0.15, 0.2) is 23.0 Å². The van der Waals surface area contributed by atoms with Gasteiger partial charge in [0.2, 0.25) is 5.91 Å². The van der Waals surface area contributed by atoms with Crippen molar-refractivity contribution in [1.82, 2.24) is 10.2 Å². The number of Topliss-reactive ketones (excluding diaryl/α,β-unsaturated/α-hetero) is 1. The fourth-order valence-electron chi connectivity index (χ4n) is 3.57. The van der Waals surface area contributed by atoms with Crippen molar-refractivity contribution in [2.75, 3.05) is 13.2 Å². The van der Waals surface area contributed by atoms with Crippen LogP contribution in [0, 0.1) is 5.92 Å². The van der Waals surface area contributed by atoms with E-state index in [-0.39, 0.29) is 36.2 Å². The van der Waals surface area contributed by atoms with Gasteiger partial charge in [0, 0.05) is 6.54 Å². The lowest BCUT2D eigenvalue weighted by Gasteiger charge is -2.37. The Morgan fingerprint density at radius 3 is 2.88 bits per heavy atom. The Labute approximate surface area is 146 Å². The third kappa shape index (κ3) is 3.76. The minimum atomic E-state index is -0.672. The van der Waals surface area contributed by atoms with Gasteiger partial charge in [-0.3, -0.25) is 14.4 Å². The summed E-state index contributed by atoms with van der Waals surface area (Å²) in [6.45, 7) is 4.57. The van der Waals surface area contributed by atoms with Gasteiger partial charge in [-0.25, -0.2) is 0 Å². The third-order valence-electron chi connectivity index (χ3n) is 4.72. The van der Waals surface area contributed by atoms with E-state index in [1.807, 2.05) is 13.8 Å². The van der Waals surface area contributed by atoms with Gasteiger partial charge in [-0.2, -0.15) is 0 Å². The average Bonchev–Trinajstić information content (AvgIpc) is 3.23. The summed E-state index contributed by atoms with van der Waals surface area (Å²) >= 11 is 0. The van der Waals surface area contributed by atoms with Crippen LogP contribution in [-0.4, -0.2) is 53.8 Å². The van der Waals surface area contributed by atoms with E-state index < -0.39 is 12.1 Å². The van der Waals surface area contributed by atoms with E-state index >= 15 is 0 Å². The summed E-state index contributed by atoms with van der Waals surface area (Å²) in [6, 6.07) is 0.369. The number of piperidine rings is 1. The smallest absolute Gasteiger partial charge is 0.255 e. The maximum atomic E-state index is 13.1. The van der Waals surface area contributed by atoms with Gasteiger partial charge in [0.05, 0.1) is 17.9 Å². The highest BCUT2D eigenvalue weighted by Gasteiger charge is 2.45. The van der Waals surface area contributed by atoms with E-state index in [0.29, 0.717) is 18.5 Å². The van der Waals surface area contributed by atoms with Gasteiger partial charge in [-0.15, -0.1) is 0 Å². The van der Waals surface area contributed by atoms with Crippen molar-refractivity contribution < 1.29 is 23.5 Å². The molecule has 3 heterocycles. The van der Waals surface area contributed by atoms with E-state index in [1.165, 1.54) is 12.5 Å². The van der Waals surface area contributed by atoms with Gasteiger partial charge in [0.1, 0.15) is 25.0 Å². The Hall–Kier alpha value is -2.15. The Balaban J connectivity index is 1.76. The predicted octanol–water partition coefficient (Wildman–Crippen LogP) is 1.38. The van der Waals surface area contributed by atoms with Crippen molar-refractivity contribution in [3.8, 4) is 0 Å². The second kappa shape index (κ2) is 7.39. The fourth-order valence-corrected chi connectivity index (χ4v) is 3.57. The number of carbonyl (C=O) groups is 3. The van der Waals surface area contributed by atoms with E-state index in [4.69, 9.17) is 9.15 Å². The molecule has 25 heavy (non-hydrogen) atoms. The predicted molar refractivity (Wildman–Crippen MR) is 88.9 cm³/mol. The second-order valence-electron chi connectivity index (χ2n) is 7.10. The summed E-state index contributed by atoms with van der Waals surface area (Å²) in [5, 5.41) is 2.80. The number of carbonyl (C=O) groups excluding carboxylic acids is 3.